The van der Waals surface area contributed by atoms with E-state index in [1.807, 2.05) is 6.20 Å². The average Bonchev–Trinajstić information content (AvgIpc) is 2.35. The Balaban J connectivity index is 2.61. The van der Waals surface area contributed by atoms with Crippen LogP contribution in [-0.4, -0.2) is 16.6 Å². The summed E-state index contributed by atoms with van der Waals surface area (Å²) in [5.74, 6) is 2.32. The zero-order valence-electron chi connectivity index (χ0n) is 12.3. The first-order chi connectivity index (χ1) is 8.52. The molecule has 1 rings (SSSR count). The van der Waals surface area contributed by atoms with Crippen LogP contribution in [0.1, 0.15) is 59.1 Å². The van der Waals surface area contributed by atoms with E-state index in [9.17, 15) is 0 Å². The highest BCUT2D eigenvalue weighted by Crippen LogP contribution is 2.22. The molecule has 0 aromatic carbocycles. The Hall–Kier alpha value is -1.12. The molecule has 1 aromatic heterocycles. The highest BCUT2D eigenvalue weighted by atomic mass is 16.5. The van der Waals surface area contributed by atoms with Crippen LogP contribution in [-0.2, 0) is 0 Å². The van der Waals surface area contributed by atoms with Gasteiger partial charge in [0, 0.05) is 12.1 Å². The maximum atomic E-state index is 5.68. The lowest BCUT2D eigenvalue weighted by Gasteiger charge is -2.15. The monoisotopic (exact) mass is 250 g/mol. The van der Waals surface area contributed by atoms with Gasteiger partial charge in [0.05, 0.1) is 18.5 Å². The molecule has 2 unspecified atom stereocenters. The number of nitrogens with zero attached hydrogens (tertiary/aromatic N) is 2. The van der Waals surface area contributed by atoms with Crippen LogP contribution in [0.2, 0.25) is 0 Å². The van der Waals surface area contributed by atoms with Crippen molar-refractivity contribution in [3.63, 3.8) is 0 Å². The number of hydrogen-bond donors (Lipinski definition) is 0. The van der Waals surface area contributed by atoms with Gasteiger partial charge in [-0.15, -0.1) is 0 Å². The van der Waals surface area contributed by atoms with Crippen molar-refractivity contribution in [2.75, 3.05) is 6.61 Å². The van der Waals surface area contributed by atoms with Gasteiger partial charge >= 0.3 is 0 Å². The summed E-state index contributed by atoms with van der Waals surface area (Å²) >= 11 is 0. The Morgan fingerprint density at radius 2 is 1.89 bits per heavy atom. The van der Waals surface area contributed by atoms with E-state index >= 15 is 0 Å². The van der Waals surface area contributed by atoms with Gasteiger partial charge in [0.25, 0.3) is 0 Å². The van der Waals surface area contributed by atoms with E-state index < -0.39 is 0 Å². The van der Waals surface area contributed by atoms with Crippen molar-refractivity contribution in [1.29, 1.82) is 0 Å². The minimum absolute atomic E-state index is 0.435. The molecule has 18 heavy (non-hydrogen) atoms. The predicted molar refractivity (Wildman–Crippen MR) is 74.9 cm³/mol. The summed E-state index contributed by atoms with van der Waals surface area (Å²) in [5.41, 5.74) is 1.03. The first-order valence-corrected chi connectivity index (χ1v) is 6.97. The van der Waals surface area contributed by atoms with Gasteiger partial charge in [-0.25, -0.2) is 4.98 Å². The number of hydrogen-bond acceptors (Lipinski definition) is 3. The van der Waals surface area contributed by atoms with E-state index in [1.165, 1.54) is 0 Å². The molecule has 3 heteroatoms. The highest BCUT2D eigenvalue weighted by Gasteiger charge is 2.11. The lowest BCUT2D eigenvalue weighted by atomic mass is 9.96. The Kier molecular flexibility index (Phi) is 6.10. The second kappa shape index (κ2) is 7.34. The van der Waals surface area contributed by atoms with E-state index in [-0.39, 0.29) is 0 Å². The summed E-state index contributed by atoms with van der Waals surface area (Å²) in [5, 5.41) is 0. The van der Waals surface area contributed by atoms with Crippen LogP contribution < -0.4 is 4.74 Å². The summed E-state index contributed by atoms with van der Waals surface area (Å²) in [6, 6.07) is 0. The maximum Gasteiger partial charge on any atom is 0.232 e. The zero-order valence-corrected chi connectivity index (χ0v) is 12.3. The Morgan fingerprint density at radius 3 is 2.50 bits per heavy atom. The lowest BCUT2D eigenvalue weighted by Crippen LogP contribution is -2.10. The third-order valence-corrected chi connectivity index (χ3v) is 3.17. The zero-order chi connectivity index (χ0) is 13.5. The maximum absolute atomic E-state index is 5.68. The molecular formula is C15H26N2O. The molecule has 0 bridgehead atoms. The molecule has 0 spiro atoms. The van der Waals surface area contributed by atoms with Gasteiger partial charge in [0.2, 0.25) is 5.88 Å². The van der Waals surface area contributed by atoms with Crippen LogP contribution in [0.3, 0.4) is 0 Å². The molecule has 0 aliphatic heterocycles. The van der Waals surface area contributed by atoms with Crippen molar-refractivity contribution in [3.05, 3.63) is 18.1 Å². The van der Waals surface area contributed by atoms with Crippen LogP contribution in [0.4, 0.5) is 0 Å². The minimum atomic E-state index is 0.435. The average molecular weight is 250 g/mol. The van der Waals surface area contributed by atoms with E-state index in [2.05, 4.69) is 44.6 Å². The van der Waals surface area contributed by atoms with Gasteiger partial charge < -0.3 is 4.74 Å². The van der Waals surface area contributed by atoms with Gasteiger partial charge in [-0.05, 0) is 18.3 Å². The van der Waals surface area contributed by atoms with Crippen LogP contribution in [0.25, 0.3) is 0 Å². The molecule has 102 valence electrons. The minimum Gasteiger partial charge on any atom is -0.476 e. The Bertz CT molecular complexity index is 352. The molecule has 0 amide bonds. The van der Waals surface area contributed by atoms with Crippen LogP contribution in [0, 0.1) is 11.8 Å². The van der Waals surface area contributed by atoms with E-state index in [4.69, 9.17) is 4.74 Å². The summed E-state index contributed by atoms with van der Waals surface area (Å²) in [7, 11) is 0. The highest BCUT2D eigenvalue weighted by molar-refractivity contribution is 5.11. The number of rotatable bonds is 7. The number of ether oxygens (including phenoxy) is 1. The largest absolute Gasteiger partial charge is 0.476 e. The summed E-state index contributed by atoms with van der Waals surface area (Å²) in [6.07, 6.45) is 5.80. The Morgan fingerprint density at radius 1 is 1.17 bits per heavy atom. The molecule has 2 atom stereocenters. The van der Waals surface area contributed by atoms with Crippen molar-refractivity contribution in [2.45, 2.75) is 53.4 Å². The third kappa shape index (κ3) is 5.03. The smallest absolute Gasteiger partial charge is 0.232 e. The number of aromatic nitrogens is 2. The van der Waals surface area contributed by atoms with Crippen molar-refractivity contribution in [1.82, 2.24) is 9.97 Å². The third-order valence-electron chi connectivity index (χ3n) is 3.17. The van der Waals surface area contributed by atoms with Gasteiger partial charge in [-0.2, -0.15) is 0 Å². The topological polar surface area (TPSA) is 35.0 Å². The van der Waals surface area contributed by atoms with Crippen LogP contribution in [0.5, 0.6) is 5.88 Å². The van der Waals surface area contributed by atoms with Gasteiger partial charge in [-0.1, -0.05) is 41.0 Å². The lowest BCUT2D eigenvalue weighted by molar-refractivity contribution is 0.245. The summed E-state index contributed by atoms with van der Waals surface area (Å²) < 4.78 is 5.68. The molecule has 1 aromatic rings. The molecular weight excluding hydrogens is 224 g/mol. The van der Waals surface area contributed by atoms with Gasteiger partial charge in [0.1, 0.15) is 0 Å². The predicted octanol–water partition coefficient (Wildman–Crippen LogP) is 4.05. The quantitative estimate of drug-likeness (QED) is 0.732. The van der Waals surface area contributed by atoms with Crippen LogP contribution >= 0.6 is 0 Å². The van der Waals surface area contributed by atoms with Gasteiger partial charge in [-0.3, -0.25) is 4.98 Å². The molecule has 0 saturated heterocycles. The van der Waals surface area contributed by atoms with Gasteiger partial charge in [0.15, 0.2) is 0 Å². The molecule has 0 N–H and O–H groups in total. The van der Waals surface area contributed by atoms with E-state index in [0.29, 0.717) is 30.2 Å². The summed E-state index contributed by atoms with van der Waals surface area (Å²) in [6.45, 7) is 11.7. The first-order valence-electron chi connectivity index (χ1n) is 6.97. The molecule has 0 radical (unpaired) electrons. The fourth-order valence-electron chi connectivity index (χ4n) is 1.84. The van der Waals surface area contributed by atoms with Crippen LogP contribution in [0.15, 0.2) is 12.4 Å². The molecule has 0 fully saturated rings. The molecule has 1 heterocycles. The van der Waals surface area contributed by atoms with Crippen molar-refractivity contribution < 1.29 is 4.74 Å². The van der Waals surface area contributed by atoms with E-state index in [1.54, 1.807) is 6.20 Å². The normalized spacial score (nSPS) is 14.6. The molecule has 3 nitrogen and oxygen atoms in total. The first kappa shape index (κ1) is 14.9. The molecule has 0 saturated carbocycles. The van der Waals surface area contributed by atoms with E-state index in [0.717, 1.165) is 18.5 Å². The Labute approximate surface area is 111 Å². The molecule has 0 aliphatic carbocycles. The van der Waals surface area contributed by atoms with Crippen molar-refractivity contribution >= 4 is 0 Å². The SMILES string of the molecule is CCC(C)COc1cncc(C(C)CC(C)C)n1. The summed E-state index contributed by atoms with van der Waals surface area (Å²) in [4.78, 5) is 8.78. The fourth-order valence-corrected chi connectivity index (χ4v) is 1.84. The fraction of sp³-hybridized carbons (Fsp3) is 0.733. The van der Waals surface area contributed by atoms with Crippen molar-refractivity contribution in [2.24, 2.45) is 11.8 Å². The second-order valence-electron chi connectivity index (χ2n) is 5.64. The standard InChI is InChI=1S/C15H26N2O/c1-6-12(4)10-18-15-9-16-8-14(17-15)13(5)7-11(2)3/h8-9,11-13H,6-7,10H2,1-5H3. The molecule has 0 aliphatic rings. The second-order valence-corrected chi connectivity index (χ2v) is 5.64. The van der Waals surface area contributed by atoms with Crippen molar-refractivity contribution in [3.8, 4) is 5.88 Å².